The van der Waals surface area contributed by atoms with Crippen LogP contribution in [-0.4, -0.2) is 73.1 Å². The number of nitrogens with zero attached hydrogens (tertiary/aromatic N) is 2. The number of nitrogens with two attached hydrogens (primary N) is 1. The first-order chi connectivity index (χ1) is 17.9. The van der Waals surface area contributed by atoms with E-state index in [0.717, 1.165) is 22.0 Å². The Morgan fingerprint density at radius 2 is 1.81 bits per heavy atom. The predicted molar refractivity (Wildman–Crippen MR) is 149 cm³/mol. The van der Waals surface area contributed by atoms with Crippen molar-refractivity contribution in [2.24, 2.45) is 5.73 Å². The van der Waals surface area contributed by atoms with E-state index >= 15 is 0 Å². The minimum absolute atomic E-state index is 0.0480. The first-order valence-corrected chi connectivity index (χ1v) is 13.1. The third kappa shape index (κ3) is 6.67. The molecule has 2 amide bonds. The van der Waals surface area contributed by atoms with Gasteiger partial charge in [-0.3, -0.25) is 14.5 Å². The largest absolute Gasteiger partial charge is 0.382 e. The summed E-state index contributed by atoms with van der Waals surface area (Å²) >= 11 is 5.97. The van der Waals surface area contributed by atoms with Crippen molar-refractivity contribution in [1.29, 1.82) is 0 Å². The van der Waals surface area contributed by atoms with Crippen molar-refractivity contribution in [2.75, 3.05) is 38.7 Å². The molecule has 196 valence electrons. The van der Waals surface area contributed by atoms with Crippen LogP contribution in [0.3, 0.4) is 0 Å². The molecule has 3 aromatic carbocycles. The van der Waals surface area contributed by atoms with Crippen molar-refractivity contribution in [3.05, 3.63) is 77.3 Å². The highest BCUT2D eigenvalue weighted by molar-refractivity contribution is 6.30. The van der Waals surface area contributed by atoms with Crippen LogP contribution >= 0.6 is 11.6 Å². The molecule has 0 aromatic heterocycles. The molecule has 3 N–H and O–H groups in total. The SMILES string of the molecule is CCC(C(=O)Nc1ccc2ccccc2c1)N1CCN(C(=O)C(N)Cc2ccc(Cl)cc2)C(COC)C1. The summed E-state index contributed by atoms with van der Waals surface area (Å²) in [7, 11) is 1.62. The van der Waals surface area contributed by atoms with Crippen LogP contribution in [0.5, 0.6) is 0 Å². The molecule has 3 atom stereocenters. The van der Waals surface area contributed by atoms with Gasteiger partial charge < -0.3 is 20.7 Å². The number of fused-ring (bicyclic) bond motifs is 1. The van der Waals surface area contributed by atoms with Crippen molar-refractivity contribution in [3.8, 4) is 0 Å². The molecule has 0 saturated carbocycles. The summed E-state index contributed by atoms with van der Waals surface area (Å²) in [4.78, 5) is 30.6. The highest BCUT2D eigenvalue weighted by Gasteiger charge is 2.36. The Balaban J connectivity index is 1.41. The zero-order valence-corrected chi connectivity index (χ0v) is 22.2. The Hall–Kier alpha value is -2.97. The number of carbonyl (C=O) groups excluding carboxylic acids is 2. The molecule has 0 aliphatic carbocycles. The van der Waals surface area contributed by atoms with Crippen LogP contribution in [0.25, 0.3) is 10.8 Å². The van der Waals surface area contributed by atoms with E-state index in [-0.39, 0.29) is 23.9 Å². The maximum absolute atomic E-state index is 13.3. The lowest BCUT2D eigenvalue weighted by molar-refractivity contribution is -0.140. The van der Waals surface area contributed by atoms with Crippen molar-refractivity contribution in [3.63, 3.8) is 0 Å². The average Bonchev–Trinajstić information content (AvgIpc) is 2.90. The number of carbonyl (C=O) groups is 2. The molecular weight excluding hydrogens is 488 g/mol. The number of ether oxygens (including phenoxy) is 1. The van der Waals surface area contributed by atoms with Crippen LogP contribution in [0.1, 0.15) is 18.9 Å². The van der Waals surface area contributed by atoms with Gasteiger partial charge in [-0.05, 0) is 53.4 Å². The molecule has 4 rings (SSSR count). The Kier molecular flexibility index (Phi) is 9.16. The van der Waals surface area contributed by atoms with Crippen molar-refractivity contribution < 1.29 is 14.3 Å². The fraction of sp³-hybridized carbons (Fsp3) is 0.379. The number of methoxy groups -OCH3 is 1. The fourth-order valence-corrected chi connectivity index (χ4v) is 5.19. The number of hydrogen-bond donors (Lipinski definition) is 2. The van der Waals surface area contributed by atoms with Gasteiger partial charge in [-0.2, -0.15) is 0 Å². The molecule has 1 fully saturated rings. The third-order valence-electron chi connectivity index (χ3n) is 6.99. The molecule has 37 heavy (non-hydrogen) atoms. The summed E-state index contributed by atoms with van der Waals surface area (Å²) in [6, 6.07) is 20.2. The van der Waals surface area contributed by atoms with Gasteiger partial charge in [0.25, 0.3) is 0 Å². The zero-order valence-electron chi connectivity index (χ0n) is 21.4. The second-order valence-electron chi connectivity index (χ2n) is 9.55. The van der Waals surface area contributed by atoms with E-state index in [4.69, 9.17) is 22.1 Å². The molecular formula is C29H35ClN4O3. The minimum Gasteiger partial charge on any atom is -0.382 e. The molecule has 8 heteroatoms. The lowest BCUT2D eigenvalue weighted by Crippen LogP contribution is -2.62. The molecule has 0 spiro atoms. The molecule has 1 saturated heterocycles. The van der Waals surface area contributed by atoms with E-state index in [2.05, 4.69) is 10.2 Å². The number of nitrogens with one attached hydrogen (secondary N) is 1. The van der Waals surface area contributed by atoms with Crippen LogP contribution in [-0.2, 0) is 20.7 Å². The van der Waals surface area contributed by atoms with Gasteiger partial charge in [0.2, 0.25) is 11.8 Å². The van der Waals surface area contributed by atoms with E-state index in [1.807, 2.05) is 66.4 Å². The Morgan fingerprint density at radius 3 is 2.51 bits per heavy atom. The highest BCUT2D eigenvalue weighted by Crippen LogP contribution is 2.22. The number of anilines is 1. The smallest absolute Gasteiger partial charge is 0.241 e. The van der Waals surface area contributed by atoms with E-state index in [0.29, 0.717) is 44.1 Å². The minimum atomic E-state index is -0.662. The van der Waals surface area contributed by atoms with Gasteiger partial charge in [0.15, 0.2) is 0 Å². The fourth-order valence-electron chi connectivity index (χ4n) is 5.06. The van der Waals surface area contributed by atoms with E-state index in [9.17, 15) is 9.59 Å². The summed E-state index contributed by atoms with van der Waals surface area (Å²) in [5, 5.41) is 5.95. The number of amides is 2. The maximum atomic E-state index is 13.3. The second-order valence-corrected chi connectivity index (χ2v) is 9.98. The molecule has 1 aliphatic rings. The molecule has 7 nitrogen and oxygen atoms in total. The number of rotatable bonds is 9. The van der Waals surface area contributed by atoms with Gasteiger partial charge in [0, 0.05) is 37.5 Å². The van der Waals surface area contributed by atoms with E-state index in [1.165, 1.54) is 0 Å². The quantitative estimate of drug-likeness (QED) is 0.444. The van der Waals surface area contributed by atoms with E-state index < -0.39 is 6.04 Å². The number of hydrogen-bond acceptors (Lipinski definition) is 5. The Bertz CT molecular complexity index is 1220. The molecule has 0 radical (unpaired) electrons. The molecule has 1 aliphatic heterocycles. The summed E-state index contributed by atoms with van der Waals surface area (Å²) in [5.74, 6) is -0.154. The van der Waals surface area contributed by atoms with Gasteiger partial charge in [0.1, 0.15) is 0 Å². The van der Waals surface area contributed by atoms with Gasteiger partial charge in [-0.25, -0.2) is 0 Å². The average molecular weight is 523 g/mol. The first-order valence-electron chi connectivity index (χ1n) is 12.7. The maximum Gasteiger partial charge on any atom is 0.241 e. The lowest BCUT2D eigenvalue weighted by atomic mass is 10.0. The Labute approximate surface area is 223 Å². The Morgan fingerprint density at radius 1 is 1.08 bits per heavy atom. The third-order valence-corrected chi connectivity index (χ3v) is 7.24. The lowest BCUT2D eigenvalue weighted by Gasteiger charge is -2.44. The normalized spacial score (nSPS) is 17.9. The number of benzene rings is 3. The van der Waals surface area contributed by atoms with Crippen molar-refractivity contribution in [2.45, 2.75) is 37.9 Å². The van der Waals surface area contributed by atoms with Crippen LogP contribution in [0.2, 0.25) is 5.02 Å². The van der Waals surface area contributed by atoms with Gasteiger partial charge in [-0.1, -0.05) is 61.0 Å². The second kappa shape index (κ2) is 12.5. The van der Waals surface area contributed by atoms with Crippen LogP contribution in [0.4, 0.5) is 5.69 Å². The van der Waals surface area contributed by atoms with Gasteiger partial charge in [-0.15, -0.1) is 0 Å². The molecule has 3 aromatic rings. The summed E-state index contributed by atoms with van der Waals surface area (Å²) < 4.78 is 5.46. The standard InChI is InChI=1S/C29H35ClN4O3/c1-3-27(28(35)32-24-13-10-21-6-4-5-7-22(21)17-24)33-14-15-34(25(18-33)19-37-2)29(36)26(31)16-20-8-11-23(30)12-9-20/h4-13,17,25-27H,3,14-16,18-19,31H2,1-2H3,(H,32,35). The monoisotopic (exact) mass is 522 g/mol. The van der Waals surface area contributed by atoms with Crippen LogP contribution in [0, 0.1) is 0 Å². The summed E-state index contributed by atoms with van der Waals surface area (Å²) in [5.41, 5.74) is 8.07. The summed E-state index contributed by atoms with van der Waals surface area (Å²) in [6.07, 6.45) is 1.09. The van der Waals surface area contributed by atoms with Gasteiger partial charge in [0.05, 0.1) is 24.7 Å². The van der Waals surface area contributed by atoms with E-state index in [1.54, 1.807) is 19.2 Å². The topological polar surface area (TPSA) is 87.9 Å². The van der Waals surface area contributed by atoms with Crippen LogP contribution < -0.4 is 11.1 Å². The molecule has 0 bridgehead atoms. The molecule has 3 unspecified atom stereocenters. The van der Waals surface area contributed by atoms with Gasteiger partial charge >= 0.3 is 0 Å². The van der Waals surface area contributed by atoms with Crippen molar-refractivity contribution >= 4 is 39.9 Å². The van der Waals surface area contributed by atoms with Crippen LogP contribution in [0.15, 0.2) is 66.7 Å². The summed E-state index contributed by atoms with van der Waals surface area (Å²) in [6.45, 7) is 4.00. The number of halogens is 1. The predicted octanol–water partition coefficient (Wildman–Crippen LogP) is 3.94. The van der Waals surface area contributed by atoms with Crippen molar-refractivity contribution in [1.82, 2.24) is 9.80 Å². The number of piperazine rings is 1. The highest BCUT2D eigenvalue weighted by atomic mass is 35.5. The zero-order chi connectivity index (χ0) is 26.4. The molecule has 1 heterocycles. The first kappa shape index (κ1) is 27.1.